The lowest BCUT2D eigenvalue weighted by Crippen LogP contribution is -2.62. The average Bonchev–Trinajstić information content (AvgIpc) is 3.60. The number of likely N-dealkylation sites (tertiary alicyclic amines) is 1. The molecule has 3 rings (SSSR count). The molecule has 20 heteroatoms. The molecule has 1 aromatic heterocycles. The van der Waals surface area contributed by atoms with Crippen molar-refractivity contribution < 1.29 is 75.5 Å². The van der Waals surface area contributed by atoms with Gasteiger partial charge in [-0.15, -0.1) is 0 Å². The van der Waals surface area contributed by atoms with Crippen LogP contribution in [0.15, 0.2) is 30.5 Å². The number of aromatic nitrogens is 1. The van der Waals surface area contributed by atoms with Gasteiger partial charge in [0.2, 0.25) is 5.91 Å². The summed E-state index contributed by atoms with van der Waals surface area (Å²) in [5, 5.41) is 35.1. The Morgan fingerprint density at radius 3 is 1.91 bits per heavy atom. The number of nitrogens with two attached hydrogens (primary N) is 2. The Kier molecular flexibility index (Phi) is 14.3. The van der Waals surface area contributed by atoms with Crippen molar-refractivity contribution in [2.45, 2.75) is 62.5 Å². The molecule has 0 saturated carbocycles. The van der Waals surface area contributed by atoms with Gasteiger partial charge in [0.05, 0.1) is 12.0 Å². The van der Waals surface area contributed by atoms with Crippen LogP contribution < -0.4 is 11.5 Å². The molecule has 1 saturated heterocycles. The number of ketones is 1. The molecular formula is C27H32F6N4O10. The van der Waals surface area contributed by atoms with E-state index in [1.807, 2.05) is 0 Å². The molecule has 1 aromatic carbocycles. The number of carboxylic acid groups (broad SMARTS) is 4. The molecule has 9 N–H and O–H groups in total. The van der Waals surface area contributed by atoms with Gasteiger partial charge >= 0.3 is 36.2 Å². The van der Waals surface area contributed by atoms with Gasteiger partial charge in [-0.3, -0.25) is 14.4 Å². The average molecular weight is 687 g/mol. The zero-order chi connectivity index (χ0) is 36.3. The first-order valence-electron chi connectivity index (χ1n) is 13.6. The Balaban J connectivity index is 0.000000658. The van der Waals surface area contributed by atoms with Crippen molar-refractivity contribution in [3.05, 3.63) is 36.0 Å². The first-order valence-corrected chi connectivity index (χ1v) is 13.6. The number of carboxylic acids is 4. The first kappa shape index (κ1) is 40.3. The normalized spacial score (nSPS) is 17.4. The van der Waals surface area contributed by atoms with Gasteiger partial charge in [0.25, 0.3) is 0 Å². The van der Waals surface area contributed by atoms with Crippen LogP contribution in [0.4, 0.5) is 26.3 Å². The molecule has 262 valence electrons. The Morgan fingerprint density at radius 1 is 0.915 bits per heavy atom. The molecule has 0 aliphatic carbocycles. The van der Waals surface area contributed by atoms with Gasteiger partial charge in [-0.25, -0.2) is 14.4 Å². The number of unbranched alkanes of at least 4 members (excludes halogenated alkanes) is 1. The molecule has 1 amide bonds. The van der Waals surface area contributed by atoms with Crippen molar-refractivity contribution in [2.75, 3.05) is 13.1 Å². The van der Waals surface area contributed by atoms with Crippen LogP contribution in [0.25, 0.3) is 10.9 Å². The van der Waals surface area contributed by atoms with Gasteiger partial charge < -0.3 is 41.8 Å². The quantitative estimate of drug-likeness (QED) is 0.102. The second-order valence-corrected chi connectivity index (χ2v) is 10.1. The summed E-state index contributed by atoms with van der Waals surface area (Å²) in [6.45, 7) is 0.515. The van der Waals surface area contributed by atoms with Crippen molar-refractivity contribution in [2.24, 2.45) is 17.4 Å². The predicted molar refractivity (Wildman–Crippen MR) is 148 cm³/mol. The zero-order valence-corrected chi connectivity index (χ0v) is 24.3. The summed E-state index contributed by atoms with van der Waals surface area (Å²) in [5.74, 6) is -11.1. The van der Waals surface area contributed by atoms with E-state index in [2.05, 4.69) is 4.98 Å². The number of alkyl halides is 6. The minimum atomic E-state index is -5.08. The van der Waals surface area contributed by atoms with Crippen molar-refractivity contribution in [1.82, 2.24) is 9.88 Å². The Morgan fingerprint density at radius 2 is 1.45 bits per heavy atom. The third-order valence-corrected chi connectivity index (χ3v) is 6.98. The zero-order valence-electron chi connectivity index (χ0n) is 24.3. The van der Waals surface area contributed by atoms with Gasteiger partial charge in [-0.1, -0.05) is 24.6 Å². The third kappa shape index (κ3) is 10.7. The number of hydrogen-bond acceptors (Lipinski definition) is 8. The SMILES string of the molecule is NCCCC[C@H](N)C(=O)N1CCC[C@]1(C(=O)O)C(CC(=O)c1c[nH]c2ccccc12)C(=O)O.O=C(O)C(F)(F)F.O=C(O)C(F)(F)F. The van der Waals surface area contributed by atoms with Crippen molar-refractivity contribution in [3.8, 4) is 0 Å². The third-order valence-electron chi connectivity index (χ3n) is 6.98. The van der Waals surface area contributed by atoms with Gasteiger partial charge in [-0.2, -0.15) is 26.3 Å². The van der Waals surface area contributed by atoms with E-state index in [4.69, 9.17) is 31.3 Å². The molecule has 1 fully saturated rings. The maximum Gasteiger partial charge on any atom is 0.490 e. The lowest BCUT2D eigenvalue weighted by atomic mass is 9.77. The summed E-state index contributed by atoms with van der Waals surface area (Å²) in [6, 6.07) is 6.10. The van der Waals surface area contributed by atoms with Crippen LogP contribution in [0.2, 0.25) is 0 Å². The van der Waals surface area contributed by atoms with Crippen LogP contribution in [0, 0.1) is 5.92 Å². The van der Waals surface area contributed by atoms with Crippen LogP contribution in [-0.4, -0.2) is 103 Å². The van der Waals surface area contributed by atoms with Crippen LogP contribution in [-0.2, 0) is 24.0 Å². The largest absolute Gasteiger partial charge is 0.490 e. The number of para-hydroxylation sites is 1. The van der Waals surface area contributed by atoms with E-state index in [1.165, 1.54) is 6.20 Å². The highest BCUT2D eigenvalue weighted by Crippen LogP contribution is 2.40. The molecule has 0 radical (unpaired) electrons. The summed E-state index contributed by atoms with van der Waals surface area (Å²) in [5.41, 5.74) is 10.5. The number of rotatable bonds is 11. The maximum atomic E-state index is 13.1. The predicted octanol–water partition coefficient (Wildman–Crippen LogP) is 2.61. The number of nitrogens with one attached hydrogen (secondary N) is 1. The lowest BCUT2D eigenvalue weighted by molar-refractivity contribution is -0.193. The minimum absolute atomic E-state index is 0.0677. The molecule has 47 heavy (non-hydrogen) atoms. The monoisotopic (exact) mass is 686 g/mol. The van der Waals surface area contributed by atoms with Crippen molar-refractivity contribution in [1.29, 1.82) is 0 Å². The molecule has 3 atom stereocenters. The van der Waals surface area contributed by atoms with Crippen molar-refractivity contribution >= 4 is 46.5 Å². The number of H-pyrrole nitrogens is 1. The number of nitrogens with zero attached hydrogens (tertiary/aromatic N) is 1. The van der Waals surface area contributed by atoms with E-state index in [9.17, 15) is 55.7 Å². The molecule has 0 spiro atoms. The van der Waals surface area contributed by atoms with Crippen LogP contribution >= 0.6 is 0 Å². The van der Waals surface area contributed by atoms with E-state index in [-0.39, 0.29) is 18.5 Å². The molecule has 1 unspecified atom stereocenters. The topological polar surface area (TPSA) is 254 Å². The molecule has 2 aromatic rings. The standard InChI is InChI=1S/C23H30N4O6.2C2HF3O2/c24-10-4-3-7-17(25)20(29)27-11-5-9-23(27,22(32)33)16(21(30)31)12-19(28)15-13-26-18-8-2-1-6-14(15)18;2*3-2(4,5)1(6)7/h1-2,6,8,13,16-17,26H,3-5,7,9-12,24-25H2,(H,30,31)(H,32,33);2*(H,6,7)/t16?,17-,23+;;/m0../s1. The van der Waals surface area contributed by atoms with Gasteiger partial charge in [-0.05, 0) is 38.3 Å². The summed E-state index contributed by atoms with van der Waals surface area (Å²) < 4.78 is 63.5. The number of hydrogen-bond donors (Lipinski definition) is 7. The lowest BCUT2D eigenvalue weighted by Gasteiger charge is -2.40. The number of Topliss-reactive ketones (excluding diaryl/α,β-unsaturated/α-hetero) is 1. The highest BCUT2D eigenvalue weighted by atomic mass is 19.4. The fourth-order valence-corrected chi connectivity index (χ4v) is 4.77. The number of aliphatic carboxylic acids is 4. The maximum absolute atomic E-state index is 13.1. The number of amides is 1. The van der Waals surface area contributed by atoms with E-state index >= 15 is 0 Å². The summed E-state index contributed by atoms with van der Waals surface area (Å²) in [7, 11) is 0. The highest BCUT2D eigenvalue weighted by Gasteiger charge is 2.58. The Hall–Kier alpha value is -4.72. The van der Waals surface area contributed by atoms with Gasteiger partial charge in [0.15, 0.2) is 11.3 Å². The Labute approximate surface area is 261 Å². The van der Waals surface area contributed by atoms with Crippen molar-refractivity contribution in [3.63, 3.8) is 0 Å². The van der Waals surface area contributed by atoms with E-state index in [1.54, 1.807) is 24.3 Å². The number of benzene rings is 1. The number of carbonyl (C=O) groups is 6. The molecule has 2 heterocycles. The molecule has 0 bridgehead atoms. The number of halogens is 6. The summed E-state index contributed by atoms with van der Waals surface area (Å²) in [6.07, 6.45) is -7.42. The fourth-order valence-electron chi connectivity index (χ4n) is 4.77. The smallest absolute Gasteiger partial charge is 0.481 e. The molecule has 1 aliphatic rings. The minimum Gasteiger partial charge on any atom is -0.481 e. The van der Waals surface area contributed by atoms with E-state index < -0.39 is 71.8 Å². The Bertz CT molecular complexity index is 1420. The fraction of sp³-hybridized carbons (Fsp3) is 0.481. The van der Waals surface area contributed by atoms with E-state index in [0.29, 0.717) is 43.1 Å². The number of fused-ring (bicyclic) bond motifs is 1. The molecular weight excluding hydrogens is 654 g/mol. The number of aromatic amines is 1. The van der Waals surface area contributed by atoms with Crippen LogP contribution in [0.1, 0.15) is 48.9 Å². The molecule has 1 aliphatic heterocycles. The van der Waals surface area contributed by atoms with Crippen LogP contribution in [0.5, 0.6) is 0 Å². The van der Waals surface area contributed by atoms with Gasteiger partial charge in [0.1, 0.15) is 0 Å². The van der Waals surface area contributed by atoms with E-state index in [0.717, 1.165) is 4.90 Å². The highest BCUT2D eigenvalue weighted by molar-refractivity contribution is 6.09. The van der Waals surface area contributed by atoms with Gasteiger partial charge in [0, 0.05) is 35.6 Å². The number of carbonyl (C=O) groups excluding carboxylic acids is 2. The molecule has 14 nitrogen and oxygen atoms in total. The first-order chi connectivity index (χ1) is 21.6. The second-order valence-electron chi connectivity index (χ2n) is 10.1. The summed E-state index contributed by atoms with van der Waals surface area (Å²) in [4.78, 5) is 72.9. The second kappa shape index (κ2) is 16.7. The summed E-state index contributed by atoms with van der Waals surface area (Å²) >= 11 is 0. The van der Waals surface area contributed by atoms with Crippen LogP contribution in [0.3, 0.4) is 0 Å².